The summed E-state index contributed by atoms with van der Waals surface area (Å²) in [4.78, 5) is 39.8. The maximum atomic E-state index is 13.3. The lowest BCUT2D eigenvalue weighted by molar-refractivity contribution is -0.148. The van der Waals surface area contributed by atoms with Crippen LogP contribution in [0.15, 0.2) is 29.1 Å². The van der Waals surface area contributed by atoms with Crippen LogP contribution < -0.4 is 10.1 Å². The van der Waals surface area contributed by atoms with Gasteiger partial charge in [-0.05, 0) is 56.2 Å². The Balaban J connectivity index is 1.65. The van der Waals surface area contributed by atoms with Crippen LogP contribution in [-0.2, 0) is 37.4 Å². The summed E-state index contributed by atoms with van der Waals surface area (Å²) in [5, 5.41) is 11.6. The third-order valence-corrected chi connectivity index (χ3v) is 7.29. The minimum Gasteiger partial charge on any atom is -0.460 e. The van der Waals surface area contributed by atoms with E-state index in [0.29, 0.717) is 27.9 Å². The number of cyclic esters (lactones) is 1. The summed E-state index contributed by atoms with van der Waals surface area (Å²) >= 11 is 0. The molecule has 0 saturated heterocycles. The van der Waals surface area contributed by atoms with Gasteiger partial charge in [-0.2, -0.15) is 0 Å². The van der Waals surface area contributed by atoms with Crippen molar-refractivity contribution in [3.05, 3.63) is 56.9 Å². The molecule has 0 spiro atoms. The molecule has 0 bridgehead atoms. The summed E-state index contributed by atoms with van der Waals surface area (Å²) in [6.07, 6.45) is -0.251. The number of aliphatic hydroxyl groups is 1. The molecule has 11 heteroatoms. The van der Waals surface area contributed by atoms with Gasteiger partial charge in [-0.25, -0.2) is 9.55 Å². The van der Waals surface area contributed by atoms with Crippen molar-refractivity contribution < 1.29 is 33.1 Å². The van der Waals surface area contributed by atoms with E-state index in [1.807, 2.05) is 6.92 Å². The van der Waals surface area contributed by atoms with Crippen LogP contribution in [0.5, 0.6) is 5.75 Å². The second kappa shape index (κ2) is 7.74. The van der Waals surface area contributed by atoms with Gasteiger partial charge < -0.3 is 18.9 Å². The van der Waals surface area contributed by atoms with E-state index in [0.717, 1.165) is 11.1 Å². The number of phosphoric acid groups is 1. The number of ether oxygens (including phenoxy) is 1. The number of rotatable bonds is 4. The number of hydrogen-bond donors (Lipinski definition) is 2. The van der Waals surface area contributed by atoms with E-state index < -0.39 is 19.4 Å². The summed E-state index contributed by atoms with van der Waals surface area (Å²) in [6.45, 7) is 5.05. The highest BCUT2D eigenvalue weighted by atomic mass is 31.2. The highest BCUT2D eigenvalue weighted by molar-refractivity contribution is 7.47. The summed E-state index contributed by atoms with van der Waals surface area (Å²) < 4.78 is 28.6. The van der Waals surface area contributed by atoms with Crippen LogP contribution in [0.1, 0.15) is 42.5 Å². The molecule has 0 saturated carbocycles. The quantitative estimate of drug-likeness (QED) is 0.329. The Kier molecular flexibility index (Phi) is 5.18. The van der Waals surface area contributed by atoms with E-state index in [2.05, 4.69) is 0 Å². The van der Waals surface area contributed by atoms with Crippen LogP contribution >= 0.6 is 7.82 Å². The highest BCUT2D eigenvalue weighted by Crippen LogP contribution is 2.45. The van der Waals surface area contributed by atoms with Crippen LogP contribution in [0, 0.1) is 6.92 Å². The van der Waals surface area contributed by atoms with Gasteiger partial charge in [-0.3, -0.25) is 19.0 Å². The van der Waals surface area contributed by atoms with Gasteiger partial charge in [0.15, 0.2) is 0 Å². The fraction of sp³-hybridized carbons (Fsp3) is 0.348. The number of hydrogen-bond acceptors (Lipinski definition) is 8. The summed E-state index contributed by atoms with van der Waals surface area (Å²) in [5.41, 5.74) is 2.14. The second-order valence-corrected chi connectivity index (χ2v) is 10.0. The Morgan fingerprint density at radius 1 is 1.26 bits per heavy atom. The first-order chi connectivity index (χ1) is 16.0. The zero-order chi connectivity index (χ0) is 24.4. The summed E-state index contributed by atoms with van der Waals surface area (Å²) in [7, 11) is -4.24. The number of aryl methyl sites for hydroxylation is 1. The Hall–Kier alpha value is -3.04. The van der Waals surface area contributed by atoms with Gasteiger partial charge >= 0.3 is 13.8 Å². The van der Waals surface area contributed by atoms with Crippen LogP contribution in [0.3, 0.4) is 0 Å². The van der Waals surface area contributed by atoms with Crippen molar-refractivity contribution in [1.82, 2.24) is 9.55 Å². The monoisotopic (exact) mass is 486 g/mol. The Morgan fingerprint density at radius 3 is 2.76 bits per heavy atom. The standard InChI is InChI=1S/C23H23N2O8P/c1-4-32-34(29,30)33-13-5-6-18-14(7-13)12(2)15-10-25-19(21(15)24-18)8-17-16(22(25)27)11-31-20(26)9-23(17,3)28/h5-8,28H,4,9-11H2,1-3H3,(H,29,30). The molecule has 2 aromatic heterocycles. The summed E-state index contributed by atoms with van der Waals surface area (Å²) in [6, 6.07) is 6.52. The molecule has 4 heterocycles. The lowest BCUT2D eigenvalue weighted by Crippen LogP contribution is -2.30. The molecule has 178 valence electrons. The molecular formula is C23H23N2O8P. The molecule has 0 aliphatic carbocycles. The molecule has 3 aromatic rings. The van der Waals surface area contributed by atoms with Crippen molar-refractivity contribution in [1.29, 1.82) is 0 Å². The number of phosphoric ester groups is 1. The molecule has 34 heavy (non-hydrogen) atoms. The highest BCUT2D eigenvalue weighted by Gasteiger charge is 2.37. The number of benzene rings is 1. The summed E-state index contributed by atoms with van der Waals surface area (Å²) in [5.74, 6) is -0.408. The van der Waals surface area contributed by atoms with Crippen LogP contribution in [-0.4, -0.2) is 32.1 Å². The van der Waals surface area contributed by atoms with Gasteiger partial charge in [0.1, 0.15) is 12.4 Å². The third kappa shape index (κ3) is 3.63. The predicted octanol–water partition coefficient (Wildman–Crippen LogP) is 2.90. The Morgan fingerprint density at radius 2 is 2.03 bits per heavy atom. The minimum atomic E-state index is -4.24. The molecule has 2 atom stereocenters. The van der Waals surface area contributed by atoms with E-state index in [-0.39, 0.29) is 43.1 Å². The fourth-order valence-corrected chi connectivity index (χ4v) is 5.39. The van der Waals surface area contributed by atoms with Crippen molar-refractivity contribution in [2.75, 3.05) is 6.61 Å². The molecule has 0 radical (unpaired) electrons. The SMILES string of the molecule is CCOP(=O)(O)Oc1ccc2nc3c(c(C)c2c1)Cn1c-3cc2c(c1=O)COC(=O)CC2(C)O. The Bertz CT molecular complexity index is 1480. The zero-order valence-electron chi connectivity index (χ0n) is 18.8. The average Bonchev–Trinajstić information content (AvgIpc) is 3.06. The number of fused-ring (bicyclic) bond motifs is 5. The zero-order valence-corrected chi connectivity index (χ0v) is 19.7. The molecule has 1 aromatic carbocycles. The normalized spacial score (nSPS) is 20.7. The molecule has 0 fully saturated rings. The first kappa shape index (κ1) is 22.7. The van der Waals surface area contributed by atoms with E-state index in [1.54, 1.807) is 29.7 Å². The maximum absolute atomic E-state index is 13.3. The Labute approximate surface area is 194 Å². The number of aromatic nitrogens is 2. The second-order valence-electron chi connectivity index (χ2n) is 8.64. The molecule has 0 amide bonds. The van der Waals surface area contributed by atoms with Crippen molar-refractivity contribution in [3.8, 4) is 17.1 Å². The molecule has 2 aliphatic rings. The van der Waals surface area contributed by atoms with Crippen molar-refractivity contribution in [3.63, 3.8) is 0 Å². The number of pyridine rings is 2. The topological polar surface area (TPSA) is 137 Å². The fourth-order valence-electron chi connectivity index (χ4n) is 4.63. The van der Waals surface area contributed by atoms with Crippen LogP contribution in [0.2, 0.25) is 0 Å². The third-order valence-electron chi connectivity index (χ3n) is 6.26. The number of carbonyl (C=O) groups is 1. The predicted molar refractivity (Wildman–Crippen MR) is 121 cm³/mol. The van der Waals surface area contributed by atoms with Gasteiger partial charge in [0.25, 0.3) is 5.56 Å². The lowest BCUT2D eigenvalue weighted by Gasteiger charge is -2.22. The lowest BCUT2D eigenvalue weighted by atomic mass is 9.89. The van der Waals surface area contributed by atoms with Crippen molar-refractivity contribution in [2.24, 2.45) is 0 Å². The van der Waals surface area contributed by atoms with E-state index >= 15 is 0 Å². The first-order valence-corrected chi connectivity index (χ1v) is 12.3. The number of carbonyl (C=O) groups excluding carboxylic acids is 1. The molecule has 10 nitrogen and oxygen atoms in total. The van der Waals surface area contributed by atoms with Crippen LogP contribution in [0.4, 0.5) is 0 Å². The van der Waals surface area contributed by atoms with Gasteiger partial charge in [-0.1, -0.05) is 0 Å². The van der Waals surface area contributed by atoms with E-state index in [9.17, 15) is 24.2 Å². The minimum absolute atomic E-state index is 0.0263. The maximum Gasteiger partial charge on any atom is 0.527 e. The van der Waals surface area contributed by atoms with Crippen molar-refractivity contribution in [2.45, 2.75) is 45.9 Å². The largest absolute Gasteiger partial charge is 0.527 e. The van der Waals surface area contributed by atoms with Gasteiger partial charge in [0, 0.05) is 10.9 Å². The average molecular weight is 486 g/mol. The van der Waals surface area contributed by atoms with Crippen molar-refractivity contribution >= 4 is 24.7 Å². The molecule has 2 N–H and O–H groups in total. The molecule has 5 rings (SSSR count). The van der Waals surface area contributed by atoms with Gasteiger partial charge in [-0.15, -0.1) is 0 Å². The van der Waals surface area contributed by atoms with Gasteiger partial charge in [0.2, 0.25) is 0 Å². The van der Waals surface area contributed by atoms with E-state index in [4.69, 9.17) is 18.8 Å². The van der Waals surface area contributed by atoms with Crippen LogP contribution in [0.25, 0.3) is 22.3 Å². The first-order valence-electron chi connectivity index (χ1n) is 10.8. The molecule has 2 aliphatic heterocycles. The van der Waals surface area contributed by atoms with Gasteiger partial charge in [0.05, 0.1) is 47.6 Å². The molecule has 2 unspecified atom stereocenters. The number of esters is 1. The van der Waals surface area contributed by atoms with E-state index in [1.165, 1.54) is 13.0 Å². The molecular weight excluding hydrogens is 463 g/mol. The smallest absolute Gasteiger partial charge is 0.460 e. The number of nitrogens with zero attached hydrogens (tertiary/aromatic N) is 2.